The molecular weight excluding hydrogens is 381 g/mol. The number of aryl methyl sites for hydroxylation is 1. The molecule has 152 valence electrons. The van der Waals surface area contributed by atoms with Gasteiger partial charge in [-0.05, 0) is 38.0 Å². The van der Waals surface area contributed by atoms with Gasteiger partial charge in [0, 0.05) is 17.3 Å². The molecule has 2 aromatic heterocycles. The van der Waals surface area contributed by atoms with Crippen LogP contribution in [-0.4, -0.2) is 21.0 Å². The number of anilines is 1. The van der Waals surface area contributed by atoms with Crippen LogP contribution in [0.3, 0.4) is 0 Å². The van der Waals surface area contributed by atoms with Crippen molar-refractivity contribution in [1.29, 1.82) is 0 Å². The smallest absolute Gasteiger partial charge is 0.260 e. The van der Waals surface area contributed by atoms with Gasteiger partial charge in [0.25, 0.3) is 5.91 Å². The third-order valence-corrected chi connectivity index (χ3v) is 5.99. The summed E-state index contributed by atoms with van der Waals surface area (Å²) in [6.45, 7) is 1.91. The molecule has 5 rings (SSSR count). The first-order chi connectivity index (χ1) is 14.6. The van der Waals surface area contributed by atoms with Gasteiger partial charge >= 0.3 is 5.95 Å². The number of H-pyrrole nitrogens is 2. The minimum absolute atomic E-state index is 0.186. The normalized spacial score (nSPS) is 15.5. The highest BCUT2D eigenvalue weighted by molar-refractivity contribution is 5.98. The van der Waals surface area contributed by atoms with E-state index in [0.29, 0.717) is 30.2 Å². The largest absolute Gasteiger partial charge is 0.374 e. The molecule has 30 heavy (non-hydrogen) atoms. The molecule has 0 spiro atoms. The Hall–Kier alpha value is -3.48. The van der Waals surface area contributed by atoms with Crippen molar-refractivity contribution in [2.24, 2.45) is 0 Å². The predicted molar refractivity (Wildman–Crippen MR) is 112 cm³/mol. The number of benzene rings is 2. The Morgan fingerprint density at radius 2 is 1.87 bits per heavy atom. The molecule has 1 fully saturated rings. The van der Waals surface area contributed by atoms with Gasteiger partial charge in [-0.1, -0.05) is 43.2 Å². The molecule has 6 nitrogen and oxygen atoms in total. The number of hydrogen-bond acceptors (Lipinski definition) is 2. The minimum atomic E-state index is -0.859. The van der Waals surface area contributed by atoms with Gasteiger partial charge in [-0.15, -0.1) is 9.67 Å². The Morgan fingerprint density at radius 3 is 2.63 bits per heavy atom. The minimum Gasteiger partial charge on any atom is -0.260 e. The second-order valence-corrected chi connectivity index (χ2v) is 7.96. The van der Waals surface area contributed by atoms with Crippen LogP contribution in [0.25, 0.3) is 17.0 Å². The first kappa shape index (κ1) is 18.5. The van der Waals surface area contributed by atoms with Crippen LogP contribution in [0.1, 0.15) is 36.9 Å². The molecule has 1 amide bonds. The SMILES string of the molecule is Cc1cc(NC(=O)C2(c3ccccc3F)CCCC2)[n+](-c2nc3ccccc3[nH]2)[nH]1. The van der Waals surface area contributed by atoms with Crippen LogP contribution < -0.4 is 10.00 Å². The van der Waals surface area contributed by atoms with E-state index in [2.05, 4.69) is 20.4 Å². The molecule has 0 atom stereocenters. The van der Waals surface area contributed by atoms with Crippen molar-refractivity contribution >= 4 is 22.8 Å². The maximum atomic E-state index is 14.6. The van der Waals surface area contributed by atoms with Gasteiger partial charge in [-0.3, -0.25) is 20.2 Å². The van der Waals surface area contributed by atoms with Crippen LogP contribution in [0.5, 0.6) is 0 Å². The number of imidazole rings is 1. The van der Waals surface area contributed by atoms with Gasteiger partial charge in [0.15, 0.2) is 5.52 Å². The average Bonchev–Trinajstić information content (AvgIpc) is 3.46. The molecular formula is C23H23FN5O+. The number of fused-ring (bicyclic) bond motifs is 1. The number of aromatic nitrogens is 4. The number of amides is 1. The summed E-state index contributed by atoms with van der Waals surface area (Å²) in [5.41, 5.74) is 2.23. The number of rotatable bonds is 4. The lowest BCUT2D eigenvalue weighted by Crippen LogP contribution is -2.44. The van der Waals surface area contributed by atoms with E-state index in [1.807, 2.05) is 37.3 Å². The Labute approximate surface area is 173 Å². The quantitative estimate of drug-likeness (QED) is 0.449. The molecule has 3 N–H and O–H groups in total. The highest BCUT2D eigenvalue weighted by Gasteiger charge is 2.46. The number of aromatic amines is 2. The van der Waals surface area contributed by atoms with Crippen LogP contribution in [0.15, 0.2) is 54.6 Å². The molecule has 4 aromatic rings. The monoisotopic (exact) mass is 404 g/mol. The topological polar surface area (TPSA) is 77.5 Å². The molecule has 0 aliphatic heterocycles. The molecule has 0 unspecified atom stereocenters. The van der Waals surface area contributed by atoms with E-state index in [0.717, 1.165) is 29.6 Å². The molecule has 0 saturated heterocycles. The summed E-state index contributed by atoms with van der Waals surface area (Å²) >= 11 is 0. The van der Waals surface area contributed by atoms with E-state index in [9.17, 15) is 9.18 Å². The van der Waals surface area contributed by atoms with Crippen LogP contribution in [0.4, 0.5) is 10.2 Å². The molecule has 2 aromatic carbocycles. The first-order valence-corrected chi connectivity index (χ1v) is 10.2. The zero-order chi connectivity index (χ0) is 20.7. The lowest BCUT2D eigenvalue weighted by atomic mass is 9.77. The van der Waals surface area contributed by atoms with Gasteiger partial charge in [-0.25, -0.2) is 4.39 Å². The van der Waals surface area contributed by atoms with Crippen LogP contribution in [-0.2, 0) is 10.2 Å². The van der Waals surface area contributed by atoms with Gasteiger partial charge in [-0.2, -0.15) is 0 Å². The summed E-state index contributed by atoms with van der Waals surface area (Å²) in [5, 5.41) is 6.26. The van der Waals surface area contributed by atoms with Gasteiger partial charge < -0.3 is 0 Å². The number of halogens is 1. The third-order valence-electron chi connectivity index (χ3n) is 5.99. The summed E-state index contributed by atoms with van der Waals surface area (Å²) < 4.78 is 16.4. The van der Waals surface area contributed by atoms with Crippen molar-refractivity contribution in [3.63, 3.8) is 0 Å². The Morgan fingerprint density at radius 1 is 1.13 bits per heavy atom. The van der Waals surface area contributed by atoms with Gasteiger partial charge in [0.1, 0.15) is 11.3 Å². The molecule has 1 aliphatic rings. The van der Waals surface area contributed by atoms with Crippen LogP contribution in [0, 0.1) is 12.7 Å². The number of carbonyl (C=O) groups excluding carboxylic acids is 1. The van der Waals surface area contributed by atoms with E-state index in [1.165, 1.54) is 6.07 Å². The van der Waals surface area contributed by atoms with E-state index in [-0.39, 0.29) is 11.7 Å². The summed E-state index contributed by atoms with van der Waals surface area (Å²) in [6, 6.07) is 16.2. The number of nitrogens with zero attached hydrogens (tertiary/aromatic N) is 2. The number of nitrogens with one attached hydrogen (secondary N) is 3. The van der Waals surface area contributed by atoms with Crippen molar-refractivity contribution in [1.82, 2.24) is 15.1 Å². The molecule has 0 radical (unpaired) electrons. The average molecular weight is 404 g/mol. The van der Waals surface area contributed by atoms with Crippen molar-refractivity contribution in [2.45, 2.75) is 38.0 Å². The predicted octanol–water partition coefficient (Wildman–Crippen LogP) is 4.07. The summed E-state index contributed by atoms with van der Waals surface area (Å²) in [5.74, 6) is 0.629. The first-order valence-electron chi connectivity index (χ1n) is 10.2. The fraction of sp³-hybridized carbons (Fsp3) is 0.261. The van der Waals surface area contributed by atoms with E-state index in [1.54, 1.807) is 22.9 Å². The molecule has 7 heteroatoms. The Bertz CT molecular complexity index is 1200. The van der Waals surface area contributed by atoms with Crippen molar-refractivity contribution in [3.05, 3.63) is 71.7 Å². The van der Waals surface area contributed by atoms with Crippen LogP contribution >= 0.6 is 0 Å². The van der Waals surface area contributed by atoms with E-state index >= 15 is 0 Å². The molecule has 1 aliphatic carbocycles. The van der Waals surface area contributed by atoms with E-state index in [4.69, 9.17) is 0 Å². The standard InChI is InChI=1S/C23H22FN5O/c1-15-14-20(29(28-15)22-25-18-10-4-5-11-19(18)26-22)27-21(30)23(12-6-7-13-23)16-8-2-3-9-17(16)24/h2-5,8-11,14H,6-7,12-13H2,1H3,(H2,25,26,27,28,30)/p+1. The highest BCUT2D eigenvalue weighted by Crippen LogP contribution is 2.43. The fourth-order valence-electron chi connectivity index (χ4n) is 4.53. The summed E-state index contributed by atoms with van der Waals surface area (Å²) in [7, 11) is 0. The van der Waals surface area contributed by atoms with Crippen molar-refractivity contribution in [2.75, 3.05) is 5.32 Å². The molecule has 0 bridgehead atoms. The molecule has 2 heterocycles. The second kappa shape index (κ2) is 7.09. The number of carbonyl (C=O) groups is 1. The number of hydrogen-bond donors (Lipinski definition) is 3. The molecule has 1 saturated carbocycles. The van der Waals surface area contributed by atoms with Gasteiger partial charge in [0.05, 0.1) is 5.41 Å². The maximum Gasteiger partial charge on any atom is 0.374 e. The van der Waals surface area contributed by atoms with E-state index < -0.39 is 5.41 Å². The van der Waals surface area contributed by atoms with Crippen molar-refractivity contribution in [3.8, 4) is 5.95 Å². The summed E-state index contributed by atoms with van der Waals surface area (Å²) in [6.07, 6.45) is 3.07. The zero-order valence-corrected chi connectivity index (χ0v) is 16.7. The van der Waals surface area contributed by atoms with Crippen molar-refractivity contribution < 1.29 is 13.9 Å². The summed E-state index contributed by atoms with van der Waals surface area (Å²) in [4.78, 5) is 21.4. The van der Waals surface area contributed by atoms with Crippen LogP contribution in [0.2, 0.25) is 0 Å². The lowest BCUT2D eigenvalue weighted by molar-refractivity contribution is -0.648. The third kappa shape index (κ3) is 2.98. The van der Waals surface area contributed by atoms with Gasteiger partial charge in [0.2, 0.25) is 5.82 Å². The highest BCUT2D eigenvalue weighted by atomic mass is 19.1. The maximum absolute atomic E-state index is 14.6. The fourth-order valence-corrected chi connectivity index (χ4v) is 4.53. The zero-order valence-electron chi connectivity index (χ0n) is 16.7. The second-order valence-electron chi connectivity index (χ2n) is 7.96. The number of para-hydroxylation sites is 2. The Kier molecular flexibility index (Phi) is 4.38. The Balaban J connectivity index is 1.53. The lowest BCUT2D eigenvalue weighted by Gasteiger charge is -2.27.